The summed E-state index contributed by atoms with van der Waals surface area (Å²) in [5.74, 6) is 0. The van der Waals surface area contributed by atoms with Gasteiger partial charge in [0, 0.05) is 0 Å². The molecule has 0 radical (unpaired) electrons. The zero-order chi connectivity index (χ0) is 21.5. The minimum Gasteiger partial charge on any atom is -0.286 e. The van der Waals surface area contributed by atoms with Crippen molar-refractivity contribution in [2.75, 3.05) is 58.6 Å². The first-order valence-corrected chi connectivity index (χ1v) is 16.0. The fourth-order valence-corrected chi connectivity index (χ4v) is 12.0. The first-order valence-electron chi connectivity index (χ1n) is 12.3. The number of hydrogen-bond donors (Lipinski definition) is 1. The Morgan fingerprint density at radius 2 is 0.667 bits per heavy atom. The van der Waals surface area contributed by atoms with Crippen LogP contribution in [0.5, 0.6) is 0 Å². The molecule has 4 rings (SSSR count). The van der Waals surface area contributed by atoms with Gasteiger partial charge < -0.3 is 0 Å². The van der Waals surface area contributed by atoms with Gasteiger partial charge in [-0.3, -0.25) is 4.55 Å². The molecule has 178 valence electrons. The summed E-state index contributed by atoms with van der Waals surface area (Å²) in [6.07, 6.45) is 18.0. The summed E-state index contributed by atoms with van der Waals surface area (Å²) in [7, 11) is -5.53. The van der Waals surface area contributed by atoms with Crippen LogP contribution in [-0.2, 0) is 10.1 Å². The van der Waals surface area contributed by atoms with E-state index in [-0.39, 0.29) is 0 Å². The van der Waals surface area contributed by atoms with Gasteiger partial charge in [0.1, 0.15) is 0 Å². The summed E-state index contributed by atoms with van der Waals surface area (Å²) >= 11 is 0. The molecule has 0 aromatic rings. The molecule has 30 heavy (non-hydrogen) atoms. The maximum Gasteiger partial charge on any atom is 0.261 e. The fraction of sp³-hybridized carbons (Fsp3) is 1.00. The van der Waals surface area contributed by atoms with Crippen molar-refractivity contribution in [2.45, 2.75) is 77.0 Å². The zero-order valence-electron chi connectivity index (χ0n) is 19.1. The number of rotatable bonds is 4. The van der Waals surface area contributed by atoms with Crippen molar-refractivity contribution in [3.8, 4) is 0 Å². The van der Waals surface area contributed by atoms with Crippen molar-refractivity contribution in [2.24, 2.45) is 0 Å². The second-order valence-corrected chi connectivity index (χ2v) is 14.7. The Labute approximate surface area is 185 Å². The maximum atomic E-state index is 9.19. The fourth-order valence-electron chi connectivity index (χ4n) is 5.98. The predicted molar refractivity (Wildman–Crippen MR) is 127 cm³/mol. The Balaban J connectivity index is 0.000000461. The minimum absolute atomic E-state index is 0.715. The van der Waals surface area contributed by atoms with Crippen LogP contribution in [0.1, 0.15) is 77.0 Å². The molecule has 0 saturated carbocycles. The van der Waals surface area contributed by atoms with Crippen LogP contribution < -0.4 is 0 Å². The molecule has 0 atom stereocenters. The van der Waals surface area contributed by atoms with E-state index in [9.17, 15) is 8.42 Å². The molecule has 0 amide bonds. The van der Waals surface area contributed by atoms with Gasteiger partial charge in [0.15, 0.2) is 0 Å². The van der Waals surface area contributed by atoms with E-state index in [0.29, 0.717) is 6.26 Å². The van der Waals surface area contributed by atoms with E-state index in [1.54, 1.807) is 0 Å². The van der Waals surface area contributed by atoms with Gasteiger partial charge in [-0.05, 0) is 0 Å². The Morgan fingerprint density at radius 3 is 0.833 bits per heavy atom. The van der Waals surface area contributed by atoms with E-state index in [0.717, 1.165) is 0 Å². The Hall–Kier alpha value is 0.180. The molecule has 0 aliphatic carbocycles. The summed E-state index contributed by atoms with van der Waals surface area (Å²) in [4.78, 5) is 0. The Morgan fingerprint density at radius 1 is 0.500 bits per heavy atom. The van der Waals surface area contributed by atoms with Crippen LogP contribution in [0.2, 0.25) is 0 Å². The van der Waals surface area contributed by atoms with Gasteiger partial charge in [-0.25, -0.2) is 0 Å². The van der Waals surface area contributed by atoms with Crippen molar-refractivity contribution in [1.82, 2.24) is 18.7 Å². The van der Waals surface area contributed by atoms with E-state index < -0.39 is 18.0 Å². The molecular weight excluding hydrogens is 419 g/mol. The van der Waals surface area contributed by atoms with Crippen molar-refractivity contribution in [3.63, 3.8) is 0 Å². The van der Waals surface area contributed by atoms with Gasteiger partial charge in [0.05, 0.1) is 6.26 Å². The summed E-state index contributed by atoms with van der Waals surface area (Å²) in [5, 5.41) is 0. The molecule has 1 N–H and O–H groups in total. The van der Waals surface area contributed by atoms with Crippen LogP contribution in [0.4, 0.5) is 0 Å². The topological polar surface area (TPSA) is 67.3 Å². The van der Waals surface area contributed by atoms with Crippen LogP contribution in [-0.4, -0.2) is 90.3 Å². The molecule has 0 aromatic carbocycles. The molecule has 4 heterocycles. The van der Waals surface area contributed by atoms with Gasteiger partial charge in [0.25, 0.3) is 10.1 Å². The number of hydrogen-bond acceptors (Lipinski definition) is 6. The molecule has 9 heteroatoms. The SMILES string of the molecule is C1CCN([PH](N2CCCCC2)(N2CCCCC2)N2CCCCC2)CC1.CS(=O)(=O)O. The van der Waals surface area contributed by atoms with Crippen LogP contribution in [0, 0.1) is 0 Å². The second kappa shape index (κ2) is 11.9. The van der Waals surface area contributed by atoms with Crippen LogP contribution >= 0.6 is 7.87 Å². The van der Waals surface area contributed by atoms with E-state index in [1.165, 1.54) is 129 Å². The van der Waals surface area contributed by atoms with Crippen molar-refractivity contribution >= 4 is 18.0 Å². The first kappa shape index (κ1) is 24.8. The molecule has 4 aliphatic heterocycles. The molecule has 4 aliphatic rings. The summed E-state index contributed by atoms with van der Waals surface area (Å²) in [5.41, 5.74) is 0. The number of piperidine rings is 4. The molecule has 4 saturated heterocycles. The van der Waals surface area contributed by atoms with Crippen LogP contribution in [0.3, 0.4) is 0 Å². The molecule has 0 unspecified atom stereocenters. The molecule has 7 nitrogen and oxygen atoms in total. The zero-order valence-corrected chi connectivity index (χ0v) is 20.9. The van der Waals surface area contributed by atoms with Crippen LogP contribution in [0.25, 0.3) is 0 Å². The quantitative estimate of drug-likeness (QED) is 0.501. The Bertz CT molecular complexity index is 512. The van der Waals surface area contributed by atoms with Crippen molar-refractivity contribution < 1.29 is 13.0 Å². The summed E-state index contributed by atoms with van der Waals surface area (Å²) in [6, 6.07) is 0. The average Bonchev–Trinajstić information content (AvgIpc) is 2.76. The number of nitrogens with zero attached hydrogens (tertiary/aromatic N) is 4. The van der Waals surface area contributed by atoms with E-state index in [2.05, 4.69) is 18.7 Å². The summed E-state index contributed by atoms with van der Waals surface area (Å²) < 4.78 is 38.1. The largest absolute Gasteiger partial charge is 0.286 e. The molecule has 0 bridgehead atoms. The van der Waals surface area contributed by atoms with Gasteiger partial charge >= 0.3 is 156 Å². The van der Waals surface area contributed by atoms with Crippen molar-refractivity contribution in [1.29, 1.82) is 0 Å². The third kappa shape index (κ3) is 6.60. The Kier molecular flexibility index (Phi) is 9.82. The van der Waals surface area contributed by atoms with Gasteiger partial charge in [-0.2, -0.15) is 8.42 Å². The molecule has 0 spiro atoms. The van der Waals surface area contributed by atoms with Gasteiger partial charge in [-0.15, -0.1) is 0 Å². The monoisotopic (exact) mass is 464 g/mol. The second-order valence-electron chi connectivity index (χ2n) is 9.52. The third-order valence-electron chi connectivity index (χ3n) is 7.12. The van der Waals surface area contributed by atoms with Crippen LogP contribution in [0.15, 0.2) is 0 Å². The standard InChI is InChI=1S/C20H41N4P.CH4O3S/c1-5-13-21(14-6-1)25(22-15-7-2-8-16-22,23-17-9-3-10-18-23)24-19-11-4-12-20-24;1-5(2,3)4/h25H,1-20H2;1H3,(H,2,3,4). The van der Waals surface area contributed by atoms with E-state index in [4.69, 9.17) is 4.55 Å². The van der Waals surface area contributed by atoms with Gasteiger partial charge in [-0.1, -0.05) is 0 Å². The summed E-state index contributed by atoms with van der Waals surface area (Å²) in [6.45, 7) is 11.0. The van der Waals surface area contributed by atoms with Crippen molar-refractivity contribution in [3.05, 3.63) is 0 Å². The first-order chi connectivity index (χ1) is 14.4. The smallest absolute Gasteiger partial charge is 0.261 e. The van der Waals surface area contributed by atoms with E-state index in [1.807, 2.05) is 0 Å². The molecule has 4 fully saturated rings. The molecule has 0 aromatic heterocycles. The average molecular weight is 465 g/mol. The normalized spacial score (nSPS) is 27.3. The van der Waals surface area contributed by atoms with Gasteiger partial charge in [0.2, 0.25) is 0 Å². The predicted octanol–water partition coefficient (Wildman–Crippen LogP) is 3.84. The third-order valence-corrected chi connectivity index (χ3v) is 12.3. The molecular formula is C21H45N4O3PS. The van der Waals surface area contributed by atoms with E-state index >= 15 is 0 Å². The maximum absolute atomic E-state index is 9.19. The minimum atomic E-state index is -3.67.